The van der Waals surface area contributed by atoms with Gasteiger partial charge in [0.2, 0.25) is 0 Å². The zero-order valence-corrected chi connectivity index (χ0v) is 7.52. The highest BCUT2D eigenvalue weighted by atomic mass is 16.5. The summed E-state index contributed by atoms with van der Waals surface area (Å²) in [5.41, 5.74) is -0.0938. The summed E-state index contributed by atoms with van der Waals surface area (Å²) in [7, 11) is 1.69. The Morgan fingerprint density at radius 2 is 2.18 bits per heavy atom. The van der Waals surface area contributed by atoms with Gasteiger partial charge in [-0.1, -0.05) is 6.92 Å². The molecule has 1 rings (SSSR count). The van der Waals surface area contributed by atoms with Crippen molar-refractivity contribution in [2.75, 3.05) is 7.11 Å². The SMILES string of the molecule is CCC(OC)C1(C(C)=O)CC1. The number of rotatable bonds is 4. The van der Waals surface area contributed by atoms with Gasteiger partial charge in [0, 0.05) is 7.11 Å². The lowest BCUT2D eigenvalue weighted by Gasteiger charge is -2.21. The van der Waals surface area contributed by atoms with Crippen molar-refractivity contribution in [1.82, 2.24) is 0 Å². The average molecular weight is 156 g/mol. The van der Waals surface area contributed by atoms with Crippen molar-refractivity contribution in [2.45, 2.75) is 39.2 Å². The number of hydrogen-bond donors (Lipinski definition) is 0. The second-order valence-corrected chi connectivity index (χ2v) is 3.34. The Morgan fingerprint density at radius 3 is 2.27 bits per heavy atom. The van der Waals surface area contributed by atoms with Crippen LogP contribution in [0.1, 0.15) is 33.1 Å². The molecule has 1 unspecified atom stereocenters. The van der Waals surface area contributed by atoms with Gasteiger partial charge in [0.15, 0.2) is 0 Å². The van der Waals surface area contributed by atoms with E-state index in [9.17, 15) is 4.79 Å². The molecule has 0 aliphatic heterocycles. The first-order chi connectivity index (χ1) is 5.17. The van der Waals surface area contributed by atoms with E-state index in [2.05, 4.69) is 6.92 Å². The van der Waals surface area contributed by atoms with Crippen LogP contribution >= 0.6 is 0 Å². The van der Waals surface area contributed by atoms with E-state index < -0.39 is 0 Å². The van der Waals surface area contributed by atoms with Gasteiger partial charge in [-0.2, -0.15) is 0 Å². The molecule has 1 aliphatic carbocycles. The number of ether oxygens (including phenoxy) is 1. The molecule has 0 saturated heterocycles. The van der Waals surface area contributed by atoms with Crippen molar-refractivity contribution < 1.29 is 9.53 Å². The predicted octanol–water partition coefficient (Wildman–Crippen LogP) is 1.78. The highest BCUT2D eigenvalue weighted by Gasteiger charge is 2.52. The third-order valence-corrected chi connectivity index (χ3v) is 2.76. The van der Waals surface area contributed by atoms with Crippen molar-refractivity contribution in [3.05, 3.63) is 0 Å². The number of carbonyl (C=O) groups excluding carboxylic acids is 1. The smallest absolute Gasteiger partial charge is 0.138 e. The van der Waals surface area contributed by atoms with E-state index in [0.717, 1.165) is 19.3 Å². The molecule has 0 spiro atoms. The molecule has 11 heavy (non-hydrogen) atoms. The fourth-order valence-corrected chi connectivity index (χ4v) is 1.82. The van der Waals surface area contributed by atoms with Crippen molar-refractivity contribution in [2.24, 2.45) is 5.41 Å². The Bertz CT molecular complexity index is 155. The first-order valence-corrected chi connectivity index (χ1v) is 4.21. The molecule has 0 N–H and O–H groups in total. The first-order valence-electron chi connectivity index (χ1n) is 4.21. The maximum atomic E-state index is 11.2. The Morgan fingerprint density at radius 1 is 1.64 bits per heavy atom. The number of methoxy groups -OCH3 is 1. The van der Waals surface area contributed by atoms with Crippen LogP contribution in [-0.2, 0) is 9.53 Å². The van der Waals surface area contributed by atoms with Crippen molar-refractivity contribution in [3.8, 4) is 0 Å². The van der Waals surface area contributed by atoms with E-state index in [-0.39, 0.29) is 11.5 Å². The molecule has 0 heterocycles. The van der Waals surface area contributed by atoms with Crippen LogP contribution in [-0.4, -0.2) is 19.0 Å². The number of ketones is 1. The van der Waals surface area contributed by atoms with Gasteiger partial charge in [0.25, 0.3) is 0 Å². The molecule has 0 bridgehead atoms. The number of Topliss-reactive ketones (excluding diaryl/α,β-unsaturated/α-hetero) is 1. The quantitative estimate of drug-likeness (QED) is 0.620. The van der Waals surface area contributed by atoms with E-state index in [0.29, 0.717) is 5.78 Å². The van der Waals surface area contributed by atoms with Crippen LogP contribution in [0.5, 0.6) is 0 Å². The molecule has 0 aromatic rings. The molecule has 0 aromatic carbocycles. The lowest BCUT2D eigenvalue weighted by atomic mass is 9.93. The van der Waals surface area contributed by atoms with Gasteiger partial charge in [-0.3, -0.25) is 4.79 Å². The number of carbonyl (C=O) groups is 1. The minimum Gasteiger partial charge on any atom is -0.380 e. The molecule has 1 fully saturated rings. The fraction of sp³-hybridized carbons (Fsp3) is 0.889. The molecule has 0 radical (unpaired) electrons. The van der Waals surface area contributed by atoms with Crippen LogP contribution in [0.2, 0.25) is 0 Å². The van der Waals surface area contributed by atoms with Crippen LogP contribution in [0.15, 0.2) is 0 Å². The fourth-order valence-electron chi connectivity index (χ4n) is 1.82. The summed E-state index contributed by atoms with van der Waals surface area (Å²) >= 11 is 0. The van der Waals surface area contributed by atoms with Crippen molar-refractivity contribution >= 4 is 5.78 Å². The lowest BCUT2D eigenvalue weighted by molar-refractivity contribution is -0.127. The highest BCUT2D eigenvalue weighted by molar-refractivity contribution is 5.85. The molecular weight excluding hydrogens is 140 g/mol. The summed E-state index contributed by atoms with van der Waals surface area (Å²) in [6, 6.07) is 0. The summed E-state index contributed by atoms with van der Waals surface area (Å²) in [4.78, 5) is 11.2. The van der Waals surface area contributed by atoms with Gasteiger partial charge >= 0.3 is 0 Å². The Balaban J connectivity index is 2.63. The molecule has 0 aromatic heterocycles. The van der Waals surface area contributed by atoms with E-state index in [4.69, 9.17) is 4.74 Å². The van der Waals surface area contributed by atoms with Gasteiger partial charge in [-0.25, -0.2) is 0 Å². The van der Waals surface area contributed by atoms with Gasteiger partial charge < -0.3 is 4.74 Å². The zero-order chi connectivity index (χ0) is 8.48. The third kappa shape index (κ3) is 1.32. The van der Waals surface area contributed by atoms with Crippen LogP contribution in [0.3, 0.4) is 0 Å². The minimum absolute atomic E-state index is 0.0938. The monoisotopic (exact) mass is 156 g/mol. The molecule has 2 nitrogen and oxygen atoms in total. The van der Waals surface area contributed by atoms with Crippen LogP contribution in [0, 0.1) is 5.41 Å². The highest BCUT2D eigenvalue weighted by Crippen LogP contribution is 2.51. The second-order valence-electron chi connectivity index (χ2n) is 3.34. The molecule has 1 aliphatic rings. The normalized spacial score (nSPS) is 22.8. The lowest BCUT2D eigenvalue weighted by Crippen LogP contribution is -2.29. The summed E-state index contributed by atoms with van der Waals surface area (Å²) in [5, 5.41) is 0. The molecule has 1 atom stereocenters. The van der Waals surface area contributed by atoms with E-state index >= 15 is 0 Å². The maximum Gasteiger partial charge on any atom is 0.138 e. The summed E-state index contributed by atoms with van der Waals surface area (Å²) in [5.74, 6) is 0.297. The van der Waals surface area contributed by atoms with Gasteiger partial charge in [-0.15, -0.1) is 0 Å². The van der Waals surface area contributed by atoms with E-state index in [1.165, 1.54) is 0 Å². The molecule has 64 valence electrons. The maximum absolute atomic E-state index is 11.2. The largest absolute Gasteiger partial charge is 0.380 e. The Hall–Kier alpha value is -0.370. The third-order valence-electron chi connectivity index (χ3n) is 2.76. The standard InChI is InChI=1S/C9H16O2/c1-4-8(11-3)9(5-6-9)7(2)10/h8H,4-6H2,1-3H3. The Kier molecular flexibility index (Phi) is 2.33. The molecule has 2 heteroatoms. The summed E-state index contributed by atoms with van der Waals surface area (Å²) in [6.45, 7) is 3.74. The van der Waals surface area contributed by atoms with E-state index in [1.54, 1.807) is 14.0 Å². The summed E-state index contributed by atoms with van der Waals surface area (Å²) < 4.78 is 5.27. The molecular formula is C9H16O2. The second kappa shape index (κ2) is 2.94. The molecule has 0 amide bonds. The minimum atomic E-state index is -0.0938. The average Bonchev–Trinajstić information content (AvgIpc) is 2.71. The van der Waals surface area contributed by atoms with Crippen LogP contribution in [0.4, 0.5) is 0 Å². The van der Waals surface area contributed by atoms with Gasteiger partial charge in [0.1, 0.15) is 5.78 Å². The zero-order valence-electron chi connectivity index (χ0n) is 7.52. The van der Waals surface area contributed by atoms with E-state index in [1.807, 2.05) is 0 Å². The van der Waals surface area contributed by atoms with Crippen LogP contribution in [0.25, 0.3) is 0 Å². The number of hydrogen-bond acceptors (Lipinski definition) is 2. The van der Waals surface area contributed by atoms with Crippen molar-refractivity contribution in [3.63, 3.8) is 0 Å². The van der Waals surface area contributed by atoms with Crippen LogP contribution < -0.4 is 0 Å². The summed E-state index contributed by atoms with van der Waals surface area (Å²) in [6.07, 6.45) is 3.14. The first kappa shape index (κ1) is 8.72. The van der Waals surface area contributed by atoms with Gasteiger partial charge in [-0.05, 0) is 26.2 Å². The predicted molar refractivity (Wildman–Crippen MR) is 43.4 cm³/mol. The van der Waals surface area contributed by atoms with Gasteiger partial charge in [0.05, 0.1) is 11.5 Å². The topological polar surface area (TPSA) is 26.3 Å². The van der Waals surface area contributed by atoms with Crippen molar-refractivity contribution in [1.29, 1.82) is 0 Å². The Labute approximate surface area is 67.9 Å². The molecule has 1 saturated carbocycles.